The minimum absolute atomic E-state index is 0.304. The van der Waals surface area contributed by atoms with Gasteiger partial charge in [0.2, 0.25) is 0 Å². The molecule has 0 spiro atoms. The first-order valence-corrected chi connectivity index (χ1v) is 18.9. The highest BCUT2D eigenvalue weighted by molar-refractivity contribution is 14.4. The van der Waals surface area contributed by atoms with Crippen LogP contribution < -0.4 is 0 Å². The zero-order valence-electron chi connectivity index (χ0n) is 12.0. The van der Waals surface area contributed by atoms with Gasteiger partial charge in [-0.25, -0.2) is 4.79 Å². The first kappa shape index (κ1) is 21.6. The number of carbonyl (C=O) groups is 1. The Hall–Kier alpha value is 1.62. The minimum Gasteiger partial charge on any atom is -0.463 e. The minimum atomic E-state index is -0.894. The van der Waals surface area contributed by atoms with E-state index in [2.05, 4.69) is 72.0 Å². The van der Waals surface area contributed by atoms with Crippen LogP contribution in [-0.4, -0.2) is 13.1 Å². The van der Waals surface area contributed by atoms with Gasteiger partial charge in [-0.3, -0.25) is 0 Å². The van der Waals surface area contributed by atoms with E-state index in [4.69, 9.17) is 4.74 Å². The molecule has 0 aliphatic carbocycles. The molecule has 0 fully saturated rings. The molecule has 118 valence electrons. The third-order valence-corrected chi connectivity index (χ3v) is 8.79. The van der Waals surface area contributed by atoms with Crippen LogP contribution in [0.1, 0.15) is 57.8 Å². The average Bonchev–Trinajstić information content (AvgIpc) is 2.38. The van der Waals surface area contributed by atoms with Crippen LogP contribution in [0, 0.1) is 0 Å². The molecule has 20 heavy (non-hydrogen) atoms. The molecule has 0 bridgehead atoms. The molecule has 0 aliphatic heterocycles. The van der Waals surface area contributed by atoms with Crippen LogP contribution in [0.5, 0.6) is 0 Å². The summed E-state index contributed by atoms with van der Waals surface area (Å²) >= 11 is 7.95. The van der Waals surface area contributed by atoms with Gasteiger partial charge >= 0.3 is 5.97 Å². The second-order valence-electron chi connectivity index (χ2n) is 4.92. The molecule has 0 aliphatic rings. The molecular formula is C14H25I3O2Si. The van der Waals surface area contributed by atoms with Crippen LogP contribution in [0.25, 0.3) is 0 Å². The van der Waals surface area contributed by atoms with Gasteiger partial charge in [0.25, 0.3) is 0.564 Å². The molecule has 0 radical (unpaired) electrons. The van der Waals surface area contributed by atoms with Crippen LogP contribution in [0.15, 0.2) is 12.7 Å². The third-order valence-electron chi connectivity index (χ3n) is 3.02. The number of carbonyl (C=O) groups excluding carboxylic acids is 1. The van der Waals surface area contributed by atoms with Gasteiger partial charge in [0, 0.05) is 6.08 Å². The Balaban J connectivity index is 3.10. The largest absolute Gasteiger partial charge is 0.463 e. The molecule has 0 saturated carbocycles. The molecule has 2 nitrogen and oxygen atoms in total. The summed E-state index contributed by atoms with van der Waals surface area (Å²) in [7, 11) is 0. The summed E-state index contributed by atoms with van der Waals surface area (Å²) in [5.74, 6) is -0.304. The number of hydrogen-bond donors (Lipinski definition) is 0. The number of hydrogen-bond acceptors (Lipinski definition) is 2. The van der Waals surface area contributed by atoms with E-state index < -0.39 is 0.564 Å². The number of esters is 1. The van der Waals surface area contributed by atoms with Gasteiger partial charge in [-0.2, -0.15) is 0 Å². The van der Waals surface area contributed by atoms with E-state index in [0.717, 1.165) is 12.8 Å². The van der Waals surface area contributed by atoms with Crippen molar-refractivity contribution in [1.29, 1.82) is 0 Å². The summed E-state index contributed by atoms with van der Waals surface area (Å²) < 4.78 is 4.04. The molecule has 6 heteroatoms. The normalized spacial score (nSPS) is 11.3. The summed E-state index contributed by atoms with van der Waals surface area (Å²) in [6.07, 6.45) is 12.9. The SMILES string of the molecule is C=CC(=O)OCCCCCCCCCCC[Si](I)(I)I. The van der Waals surface area contributed by atoms with Crippen LogP contribution in [0.4, 0.5) is 0 Å². The average molecular weight is 634 g/mol. The highest BCUT2D eigenvalue weighted by Crippen LogP contribution is 2.35. The molecule has 0 N–H and O–H groups in total. The Labute approximate surface area is 162 Å². The molecule has 0 unspecified atom stereocenters. The van der Waals surface area contributed by atoms with Gasteiger partial charge in [-0.05, 0) is 12.5 Å². The van der Waals surface area contributed by atoms with E-state index in [-0.39, 0.29) is 5.97 Å². The van der Waals surface area contributed by atoms with Gasteiger partial charge in [-0.1, -0.05) is 123 Å². The molecule has 0 atom stereocenters. The van der Waals surface area contributed by atoms with Gasteiger partial charge in [0.1, 0.15) is 0 Å². The van der Waals surface area contributed by atoms with Crippen molar-refractivity contribution < 1.29 is 9.53 Å². The maximum absolute atomic E-state index is 10.8. The second kappa shape index (κ2) is 14.2. The lowest BCUT2D eigenvalue weighted by molar-refractivity contribution is -0.137. The Kier molecular flexibility index (Phi) is 15.4. The molecule has 0 aromatic carbocycles. The molecule has 0 rings (SSSR count). The Bertz CT molecular complexity index is 268. The van der Waals surface area contributed by atoms with Crippen molar-refractivity contribution >= 4 is 71.9 Å². The van der Waals surface area contributed by atoms with E-state index in [1.807, 2.05) is 0 Å². The van der Waals surface area contributed by atoms with Crippen molar-refractivity contribution in [2.24, 2.45) is 0 Å². The quantitative estimate of drug-likeness (QED) is 0.0581. The van der Waals surface area contributed by atoms with E-state index in [0.29, 0.717) is 6.61 Å². The van der Waals surface area contributed by atoms with Crippen molar-refractivity contribution in [3.8, 4) is 0 Å². The van der Waals surface area contributed by atoms with E-state index >= 15 is 0 Å². The predicted octanol–water partition coefficient (Wildman–Crippen LogP) is 6.47. The van der Waals surface area contributed by atoms with Crippen LogP contribution in [0.3, 0.4) is 0 Å². The summed E-state index contributed by atoms with van der Waals surface area (Å²) in [4.78, 5) is 10.8. The van der Waals surface area contributed by atoms with Gasteiger partial charge in [0.15, 0.2) is 0 Å². The van der Waals surface area contributed by atoms with E-state index in [9.17, 15) is 4.79 Å². The van der Waals surface area contributed by atoms with Crippen molar-refractivity contribution in [2.75, 3.05) is 6.61 Å². The lowest BCUT2D eigenvalue weighted by Gasteiger charge is -2.08. The number of unbranched alkanes of at least 4 members (excludes halogenated alkanes) is 8. The highest BCUT2D eigenvalue weighted by Gasteiger charge is 2.19. The first-order valence-electron chi connectivity index (χ1n) is 7.31. The summed E-state index contributed by atoms with van der Waals surface area (Å²) in [5, 5.41) is 0. The smallest absolute Gasteiger partial charge is 0.330 e. The zero-order chi connectivity index (χ0) is 15.3. The molecule has 0 saturated heterocycles. The molecular weight excluding hydrogens is 609 g/mol. The van der Waals surface area contributed by atoms with Crippen LogP contribution in [0.2, 0.25) is 6.04 Å². The topological polar surface area (TPSA) is 26.3 Å². The van der Waals surface area contributed by atoms with Crippen molar-refractivity contribution in [2.45, 2.75) is 63.8 Å². The highest BCUT2D eigenvalue weighted by atomic mass is 127. The third kappa shape index (κ3) is 17.7. The fraction of sp³-hybridized carbons (Fsp3) is 0.786. The summed E-state index contributed by atoms with van der Waals surface area (Å²) in [6.45, 7) is 3.91. The number of halogens is 3. The van der Waals surface area contributed by atoms with Gasteiger partial charge in [0.05, 0.1) is 6.61 Å². The number of ether oxygens (including phenoxy) is 1. The lowest BCUT2D eigenvalue weighted by Crippen LogP contribution is -2.03. The predicted molar refractivity (Wildman–Crippen MR) is 115 cm³/mol. The Morgan fingerprint density at radius 2 is 1.35 bits per heavy atom. The summed E-state index contributed by atoms with van der Waals surface area (Å²) in [5.41, 5.74) is 0. The molecule has 0 aromatic heterocycles. The Morgan fingerprint density at radius 3 is 1.80 bits per heavy atom. The maximum Gasteiger partial charge on any atom is 0.330 e. The standard InChI is InChI=1S/C14H25I3O2Si/c1-2-14(18)19-12-10-8-6-4-3-5-7-9-11-13-20(15,16)17/h2H,1,3-13H2. The van der Waals surface area contributed by atoms with Crippen molar-refractivity contribution in [3.05, 3.63) is 12.7 Å². The first-order chi connectivity index (χ1) is 9.45. The second-order valence-corrected chi connectivity index (χ2v) is 41.8. The van der Waals surface area contributed by atoms with Crippen LogP contribution >= 0.6 is 65.4 Å². The van der Waals surface area contributed by atoms with Gasteiger partial charge in [-0.15, -0.1) is 0 Å². The summed E-state index contributed by atoms with van der Waals surface area (Å²) in [6, 6.07) is 1.44. The van der Waals surface area contributed by atoms with Crippen molar-refractivity contribution in [1.82, 2.24) is 0 Å². The van der Waals surface area contributed by atoms with Gasteiger partial charge < -0.3 is 4.74 Å². The van der Waals surface area contributed by atoms with Crippen molar-refractivity contribution in [3.63, 3.8) is 0 Å². The van der Waals surface area contributed by atoms with E-state index in [1.165, 1.54) is 57.1 Å². The molecule has 0 aromatic rings. The van der Waals surface area contributed by atoms with E-state index in [1.54, 1.807) is 0 Å². The fourth-order valence-corrected chi connectivity index (χ4v) is 5.98. The maximum atomic E-state index is 10.8. The molecule has 0 amide bonds. The number of rotatable bonds is 13. The fourth-order valence-electron chi connectivity index (χ4n) is 1.90. The lowest BCUT2D eigenvalue weighted by atomic mass is 10.1. The Morgan fingerprint density at radius 1 is 0.900 bits per heavy atom. The van der Waals surface area contributed by atoms with Crippen LogP contribution in [-0.2, 0) is 9.53 Å². The monoisotopic (exact) mass is 634 g/mol. The molecule has 0 heterocycles. The zero-order valence-corrected chi connectivity index (χ0v) is 19.5.